The van der Waals surface area contributed by atoms with Gasteiger partial charge in [-0.15, -0.1) is 0 Å². The SMILES string of the molecule is COc1ccc(OCC(=O)N/N=C\c2cc(Br)ccc2OC(=O)c2ccccc2Cl)cc1. The van der Waals surface area contributed by atoms with Crippen molar-refractivity contribution in [3.63, 3.8) is 0 Å². The number of halogens is 2. The molecule has 0 saturated carbocycles. The monoisotopic (exact) mass is 516 g/mol. The van der Waals surface area contributed by atoms with Gasteiger partial charge in [0.2, 0.25) is 0 Å². The van der Waals surface area contributed by atoms with E-state index in [1.54, 1.807) is 73.8 Å². The number of hydrazone groups is 1. The van der Waals surface area contributed by atoms with Crippen molar-refractivity contribution in [2.24, 2.45) is 5.10 Å². The van der Waals surface area contributed by atoms with Crippen molar-refractivity contribution in [1.82, 2.24) is 5.43 Å². The Morgan fingerprint density at radius 1 is 1.06 bits per heavy atom. The summed E-state index contributed by atoms with van der Waals surface area (Å²) >= 11 is 9.42. The third-order valence-corrected chi connectivity index (χ3v) is 4.91. The zero-order valence-corrected chi connectivity index (χ0v) is 19.2. The fourth-order valence-corrected chi connectivity index (χ4v) is 3.11. The Morgan fingerprint density at radius 2 is 1.78 bits per heavy atom. The van der Waals surface area contributed by atoms with Crippen molar-refractivity contribution in [2.45, 2.75) is 0 Å². The highest BCUT2D eigenvalue weighted by Crippen LogP contribution is 2.24. The van der Waals surface area contributed by atoms with E-state index in [0.29, 0.717) is 17.1 Å². The van der Waals surface area contributed by atoms with Crippen LogP contribution in [-0.2, 0) is 4.79 Å². The summed E-state index contributed by atoms with van der Waals surface area (Å²) in [4.78, 5) is 24.5. The first-order valence-electron chi connectivity index (χ1n) is 9.31. The van der Waals surface area contributed by atoms with Crippen LogP contribution in [0.2, 0.25) is 5.02 Å². The van der Waals surface area contributed by atoms with E-state index < -0.39 is 11.9 Å². The molecule has 0 bridgehead atoms. The van der Waals surface area contributed by atoms with E-state index in [0.717, 1.165) is 4.47 Å². The topological polar surface area (TPSA) is 86.2 Å². The predicted octanol–water partition coefficient (Wildman–Crippen LogP) is 4.86. The number of benzene rings is 3. The largest absolute Gasteiger partial charge is 0.497 e. The molecule has 9 heteroatoms. The van der Waals surface area contributed by atoms with E-state index in [-0.39, 0.29) is 22.9 Å². The Morgan fingerprint density at radius 3 is 2.50 bits per heavy atom. The molecule has 0 atom stereocenters. The maximum absolute atomic E-state index is 12.5. The molecule has 0 aliphatic rings. The maximum atomic E-state index is 12.5. The first kappa shape index (κ1) is 23.3. The molecule has 1 amide bonds. The third-order valence-electron chi connectivity index (χ3n) is 4.09. The average Bonchev–Trinajstić information content (AvgIpc) is 2.80. The lowest BCUT2D eigenvalue weighted by Gasteiger charge is -2.09. The molecule has 7 nitrogen and oxygen atoms in total. The Bertz CT molecular complexity index is 1140. The molecule has 32 heavy (non-hydrogen) atoms. The number of hydrogen-bond acceptors (Lipinski definition) is 6. The minimum atomic E-state index is -0.607. The summed E-state index contributed by atoms with van der Waals surface area (Å²) in [6.07, 6.45) is 1.37. The lowest BCUT2D eigenvalue weighted by atomic mass is 10.2. The Hall–Kier alpha value is -3.36. The zero-order chi connectivity index (χ0) is 22.9. The minimum absolute atomic E-state index is 0.226. The summed E-state index contributed by atoms with van der Waals surface area (Å²) in [5, 5.41) is 4.20. The zero-order valence-electron chi connectivity index (χ0n) is 16.9. The molecule has 0 aliphatic heterocycles. The number of nitrogens with one attached hydrogen (secondary N) is 1. The minimum Gasteiger partial charge on any atom is -0.497 e. The number of amides is 1. The molecule has 0 unspecified atom stereocenters. The van der Waals surface area contributed by atoms with Crippen LogP contribution in [0.15, 0.2) is 76.3 Å². The highest BCUT2D eigenvalue weighted by Gasteiger charge is 2.14. The summed E-state index contributed by atoms with van der Waals surface area (Å²) in [6, 6.07) is 18.4. The third kappa shape index (κ3) is 6.57. The number of carbonyl (C=O) groups excluding carboxylic acids is 2. The standard InChI is InChI=1S/C23H18BrClN2O5/c1-30-17-7-9-18(10-8-17)31-14-22(28)27-26-13-15-12-16(24)6-11-21(15)32-23(29)19-4-2-3-5-20(19)25/h2-13H,14H2,1H3,(H,27,28)/b26-13-. The average molecular weight is 518 g/mol. The van der Waals surface area contributed by atoms with Gasteiger partial charge in [-0.05, 0) is 54.6 Å². The number of carbonyl (C=O) groups is 2. The van der Waals surface area contributed by atoms with Gasteiger partial charge in [0.25, 0.3) is 5.91 Å². The van der Waals surface area contributed by atoms with Crippen LogP contribution in [-0.4, -0.2) is 31.8 Å². The van der Waals surface area contributed by atoms with E-state index in [9.17, 15) is 9.59 Å². The molecule has 0 radical (unpaired) electrons. The van der Waals surface area contributed by atoms with Gasteiger partial charge in [-0.3, -0.25) is 4.79 Å². The number of esters is 1. The lowest BCUT2D eigenvalue weighted by Crippen LogP contribution is -2.24. The van der Waals surface area contributed by atoms with Gasteiger partial charge in [0.05, 0.1) is 23.9 Å². The first-order valence-corrected chi connectivity index (χ1v) is 10.5. The second-order valence-corrected chi connectivity index (χ2v) is 7.63. The first-order chi connectivity index (χ1) is 15.5. The van der Waals surface area contributed by atoms with Crippen LogP contribution in [0.3, 0.4) is 0 Å². The molecule has 0 aliphatic carbocycles. The van der Waals surface area contributed by atoms with Gasteiger partial charge >= 0.3 is 5.97 Å². The summed E-state index contributed by atoms with van der Waals surface area (Å²) in [5.41, 5.74) is 3.08. The second-order valence-electron chi connectivity index (χ2n) is 6.31. The van der Waals surface area contributed by atoms with Crippen LogP contribution < -0.4 is 19.6 Å². The van der Waals surface area contributed by atoms with Gasteiger partial charge in [-0.2, -0.15) is 5.10 Å². The molecule has 3 aromatic rings. The molecule has 3 rings (SSSR count). The normalized spacial score (nSPS) is 10.6. The number of rotatable bonds is 8. The molecular formula is C23H18BrClN2O5. The molecule has 0 spiro atoms. The Balaban J connectivity index is 1.61. The van der Waals surface area contributed by atoms with Crippen LogP contribution in [0, 0.1) is 0 Å². The molecule has 1 N–H and O–H groups in total. The molecule has 0 fully saturated rings. The Labute approximate surface area is 198 Å². The number of nitrogens with zero attached hydrogens (tertiary/aromatic N) is 1. The molecule has 3 aromatic carbocycles. The predicted molar refractivity (Wildman–Crippen MR) is 125 cm³/mol. The summed E-state index contributed by atoms with van der Waals surface area (Å²) < 4.78 is 16.7. The van der Waals surface area contributed by atoms with Crippen LogP contribution in [0.25, 0.3) is 0 Å². The second kappa shape index (κ2) is 11.3. The van der Waals surface area contributed by atoms with E-state index >= 15 is 0 Å². The Kier molecular flexibility index (Phi) is 8.24. The van der Waals surface area contributed by atoms with Crippen LogP contribution >= 0.6 is 27.5 Å². The van der Waals surface area contributed by atoms with Crippen LogP contribution in [0.5, 0.6) is 17.2 Å². The van der Waals surface area contributed by atoms with Crippen molar-refractivity contribution in [3.05, 3.63) is 87.4 Å². The van der Waals surface area contributed by atoms with Gasteiger partial charge in [0, 0.05) is 10.0 Å². The fraction of sp³-hybridized carbons (Fsp3) is 0.0870. The molecular weight excluding hydrogens is 500 g/mol. The van der Waals surface area contributed by atoms with Gasteiger partial charge in [0.15, 0.2) is 6.61 Å². The van der Waals surface area contributed by atoms with Crippen molar-refractivity contribution in [1.29, 1.82) is 0 Å². The lowest BCUT2D eigenvalue weighted by molar-refractivity contribution is -0.123. The van der Waals surface area contributed by atoms with E-state index in [4.69, 9.17) is 25.8 Å². The summed E-state index contributed by atoms with van der Waals surface area (Å²) in [6.45, 7) is -0.226. The molecule has 0 saturated heterocycles. The number of hydrogen-bond donors (Lipinski definition) is 1. The van der Waals surface area contributed by atoms with Crippen molar-refractivity contribution in [3.8, 4) is 17.2 Å². The summed E-state index contributed by atoms with van der Waals surface area (Å²) in [7, 11) is 1.57. The van der Waals surface area contributed by atoms with Gasteiger partial charge in [-0.25, -0.2) is 10.2 Å². The van der Waals surface area contributed by atoms with E-state index in [1.165, 1.54) is 6.21 Å². The smallest absolute Gasteiger partial charge is 0.345 e. The van der Waals surface area contributed by atoms with Crippen molar-refractivity contribution in [2.75, 3.05) is 13.7 Å². The van der Waals surface area contributed by atoms with Gasteiger partial charge in [-0.1, -0.05) is 39.7 Å². The van der Waals surface area contributed by atoms with Crippen molar-refractivity contribution < 1.29 is 23.8 Å². The number of ether oxygens (including phenoxy) is 3. The molecule has 164 valence electrons. The quantitative estimate of drug-likeness (QED) is 0.200. The molecule has 0 aromatic heterocycles. The van der Waals surface area contributed by atoms with E-state index in [2.05, 4.69) is 26.5 Å². The van der Waals surface area contributed by atoms with Crippen LogP contribution in [0.1, 0.15) is 15.9 Å². The summed E-state index contributed by atoms with van der Waals surface area (Å²) in [5.74, 6) is 0.397. The fourth-order valence-electron chi connectivity index (χ4n) is 2.52. The highest BCUT2D eigenvalue weighted by atomic mass is 79.9. The molecule has 0 heterocycles. The van der Waals surface area contributed by atoms with E-state index in [1.807, 2.05) is 0 Å². The maximum Gasteiger partial charge on any atom is 0.345 e. The van der Waals surface area contributed by atoms with Gasteiger partial charge in [0.1, 0.15) is 17.2 Å². The van der Waals surface area contributed by atoms with Gasteiger partial charge < -0.3 is 14.2 Å². The highest BCUT2D eigenvalue weighted by molar-refractivity contribution is 9.10. The number of methoxy groups -OCH3 is 1. The van der Waals surface area contributed by atoms with Crippen LogP contribution in [0.4, 0.5) is 0 Å². The van der Waals surface area contributed by atoms with Crippen molar-refractivity contribution >= 4 is 45.6 Å².